The molecule has 5 rings (SSSR count). The molecule has 35 heavy (non-hydrogen) atoms. The van der Waals surface area contributed by atoms with Crippen LogP contribution >= 0.6 is 23.2 Å². The summed E-state index contributed by atoms with van der Waals surface area (Å²) in [5.41, 5.74) is 2.80. The van der Waals surface area contributed by atoms with Crippen LogP contribution in [0.15, 0.2) is 59.5 Å². The summed E-state index contributed by atoms with van der Waals surface area (Å²) in [6.45, 7) is 3.29. The van der Waals surface area contributed by atoms with Crippen molar-refractivity contribution in [3.8, 4) is 11.1 Å². The zero-order valence-electron chi connectivity index (χ0n) is 18.6. The van der Waals surface area contributed by atoms with Crippen LogP contribution in [-0.2, 0) is 6.54 Å². The molecule has 1 saturated heterocycles. The molecule has 2 aromatic carbocycles. The van der Waals surface area contributed by atoms with E-state index in [2.05, 4.69) is 32.3 Å². The van der Waals surface area contributed by atoms with Gasteiger partial charge in [0.1, 0.15) is 7.11 Å². The van der Waals surface area contributed by atoms with Gasteiger partial charge in [-0.25, -0.2) is 4.98 Å². The van der Waals surface area contributed by atoms with Gasteiger partial charge in [0, 0.05) is 29.4 Å². The zero-order chi connectivity index (χ0) is 23.7. The first-order valence-electron chi connectivity index (χ1n) is 11.0. The fourth-order valence-corrected chi connectivity index (χ4v) is 4.86. The Bertz CT molecular complexity index is 1380. The van der Waals surface area contributed by atoms with Gasteiger partial charge in [-0.1, -0.05) is 48.8 Å². The second-order valence-electron chi connectivity index (χ2n) is 8.21. The molecule has 1 fully saturated rings. The monoisotopic (exact) mass is 511 g/mol. The normalized spacial score (nSPS) is 13.6. The van der Waals surface area contributed by atoms with Crippen LogP contribution in [0.4, 0.5) is 11.6 Å². The van der Waals surface area contributed by atoms with Crippen LogP contribution < -0.4 is 15.7 Å². The lowest BCUT2D eigenvalue weighted by atomic mass is 10.1. The molecule has 0 aliphatic carbocycles. The van der Waals surface area contributed by atoms with Gasteiger partial charge in [-0.05, 0) is 61.8 Å². The Morgan fingerprint density at radius 2 is 1.74 bits per heavy atom. The molecule has 7 nitrogen and oxygen atoms in total. The number of benzene rings is 2. The number of halogens is 2. The standard InChI is InChI=1S/C25H23Cl2N5O2.CH4/c1-34-32-23-17(13-19(24(32)33)22-20(26)5-4-6-21(22)27)14-28-25(30-23)29-18-9-7-16(8-10-18)15-31-11-2-3-12-31;/h4-10,13-14H,2-3,11-12,15H2,1H3,(H,28,29,30);1H4. The Labute approximate surface area is 214 Å². The van der Waals surface area contributed by atoms with E-state index in [-0.39, 0.29) is 7.43 Å². The molecule has 0 amide bonds. The highest BCUT2D eigenvalue weighted by molar-refractivity contribution is 6.39. The number of anilines is 2. The van der Waals surface area contributed by atoms with E-state index in [1.54, 1.807) is 30.5 Å². The molecule has 0 spiro atoms. The number of fused-ring (bicyclic) bond motifs is 1. The van der Waals surface area contributed by atoms with Gasteiger partial charge in [0.25, 0.3) is 5.56 Å². The van der Waals surface area contributed by atoms with Gasteiger partial charge < -0.3 is 10.2 Å². The van der Waals surface area contributed by atoms with Gasteiger partial charge in [0.2, 0.25) is 5.95 Å². The van der Waals surface area contributed by atoms with Gasteiger partial charge in [0.05, 0.1) is 15.6 Å². The number of likely N-dealkylation sites (tertiary alicyclic amines) is 1. The van der Waals surface area contributed by atoms with Gasteiger partial charge in [-0.2, -0.15) is 4.98 Å². The molecular formula is C26H27Cl2N5O2. The summed E-state index contributed by atoms with van der Waals surface area (Å²) in [6, 6.07) is 15.0. The number of nitrogens with one attached hydrogen (secondary N) is 1. The maximum Gasteiger partial charge on any atom is 0.293 e. The predicted octanol–water partition coefficient (Wildman–Crippen LogP) is 5.80. The molecule has 0 radical (unpaired) electrons. The van der Waals surface area contributed by atoms with E-state index in [1.807, 2.05) is 12.1 Å². The molecule has 3 heterocycles. The lowest BCUT2D eigenvalue weighted by molar-refractivity contribution is 0.168. The van der Waals surface area contributed by atoms with E-state index in [4.69, 9.17) is 28.0 Å². The molecule has 9 heteroatoms. The maximum absolute atomic E-state index is 13.2. The Kier molecular flexibility index (Phi) is 7.60. The van der Waals surface area contributed by atoms with E-state index < -0.39 is 5.56 Å². The summed E-state index contributed by atoms with van der Waals surface area (Å²) in [4.78, 5) is 30.0. The third-order valence-electron chi connectivity index (χ3n) is 5.93. The van der Waals surface area contributed by atoms with Crippen molar-refractivity contribution in [3.05, 3.63) is 80.7 Å². The smallest absolute Gasteiger partial charge is 0.293 e. The van der Waals surface area contributed by atoms with E-state index in [9.17, 15) is 4.79 Å². The van der Waals surface area contributed by atoms with E-state index >= 15 is 0 Å². The van der Waals surface area contributed by atoms with Crippen molar-refractivity contribution in [1.29, 1.82) is 0 Å². The lowest BCUT2D eigenvalue weighted by Crippen LogP contribution is -2.27. The van der Waals surface area contributed by atoms with Crippen molar-refractivity contribution in [3.63, 3.8) is 0 Å². The van der Waals surface area contributed by atoms with Crippen molar-refractivity contribution >= 4 is 45.9 Å². The molecule has 4 aromatic rings. The highest BCUT2D eigenvalue weighted by Crippen LogP contribution is 2.33. The summed E-state index contributed by atoms with van der Waals surface area (Å²) in [5, 5.41) is 4.56. The van der Waals surface area contributed by atoms with Crippen molar-refractivity contribution in [2.45, 2.75) is 26.8 Å². The van der Waals surface area contributed by atoms with Crippen molar-refractivity contribution in [1.82, 2.24) is 19.6 Å². The number of rotatable bonds is 6. The minimum absolute atomic E-state index is 0. The molecule has 0 unspecified atom stereocenters. The lowest BCUT2D eigenvalue weighted by Gasteiger charge is -2.15. The zero-order valence-corrected chi connectivity index (χ0v) is 20.1. The molecule has 1 aliphatic heterocycles. The largest absolute Gasteiger partial charge is 0.412 e. The summed E-state index contributed by atoms with van der Waals surface area (Å²) < 4.78 is 1.12. The number of hydrogen-bond acceptors (Lipinski definition) is 6. The second kappa shape index (κ2) is 10.6. The minimum Gasteiger partial charge on any atom is -0.412 e. The fourth-order valence-electron chi connectivity index (χ4n) is 4.25. The van der Waals surface area contributed by atoms with E-state index in [0.29, 0.717) is 38.2 Å². The number of nitrogens with zero attached hydrogens (tertiary/aromatic N) is 4. The first-order valence-corrected chi connectivity index (χ1v) is 11.8. The van der Waals surface area contributed by atoms with Gasteiger partial charge in [-0.3, -0.25) is 9.69 Å². The topological polar surface area (TPSA) is 72.3 Å². The van der Waals surface area contributed by atoms with Crippen LogP contribution in [0.1, 0.15) is 25.8 Å². The molecule has 1 N–H and O–H groups in total. The molecule has 0 atom stereocenters. The number of hydrogen-bond donors (Lipinski definition) is 1. The van der Waals surface area contributed by atoms with Crippen molar-refractivity contribution < 1.29 is 4.84 Å². The average Bonchev–Trinajstić information content (AvgIpc) is 3.34. The van der Waals surface area contributed by atoms with Crippen LogP contribution in [0.3, 0.4) is 0 Å². The molecular weight excluding hydrogens is 485 g/mol. The predicted molar refractivity (Wildman–Crippen MR) is 143 cm³/mol. The Morgan fingerprint density at radius 1 is 1.06 bits per heavy atom. The quantitative estimate of drug-likeness (QED) is 0.352. The molecule has 182 valence electrons. The average molecular weight is 512 g/mol. The number of aromatic nitrogens is 3. The van der Waals surface area contributed by atoms with Gasteiger partial charge in [-0.15, -0.1) is 4.73 Å². The van der Waals surface area contributed by atoms with E-state index in [0.717, 1.165) is 30.1 Å². The highest BCUT2D eigenvalue weighted by Gasteiger charge is 2.18. The molecule has 0 bridgehead atoms. The highest BCUT2D eigenvalue weighted by atomic mass is 35.5. The first kappa shape index (κ1) is 25.0. The van der Waals surface area contributed by atoms with Crippen LogP contribution in [-0.4, -0.2) is 39.8 Å². The van der Waals surface area contributed by atoms with Crippen LogP contribution in [0.25, 0.3) is 22.2 Å². The summed E-state index contributed by atoms with van der Waals surface area (Å²) in [7, 11) is 1.41. The maximum atomic E-state index is 13.2. The Balaban J connectivity index is 0.00000289. The SMILES string of the molecule is C.COn1c(=O)c(-c2c(Cl)cccc2Cl)cc2cnc(Nc3ccc(CN4CCCC4)cc3)nc21. The first-order chi connectivity index (χ1) is 16.5. The summed E-state index contributed by atoms with van der Waals surface area (Å²) in [6.07, 6.45) is 4.19. The Morgan fingerprint density at radius 3 is 2.40 bits per heavy atom. The van der Waals surface area contributed by atoms with E-state index in [1.165, 1.54) is 25.5 Å². The third-order valence-corrected chi connectivity index (χ3v) is 6.56. The van der Waals surface area contributed by atoms with Crippen LogP contribution in [0.2, 0.25) is 10.0 Å². The van der Waals surface area contributed by atoms with Gasteiger partial charge >= 0.3 is 0 Å². The molecule has 1 aliphatic rings. The number of pyridine rings is 1. The van der Waals surface area contributed by atoms with Crippen molar-refractivity contribution in [2.75, 3.05) is 25.5 Å². The summed E-state index contributed by atoms with van der Waals surface area (Å²) >= 11 is 12.7. The third kappa shape index (κ3) is 5.12. The van der Waals surface area contributed by atoms with Crippen LogP contribution in [0.5, 0.6) is 0 Å². The van der Waals surface area contributed by atoms with Crippen LogP contribution in [0, 0.1) is 0 Å². The fraction of sp³-hybridized carbons (Fsp3) is 0.269. The Hall–Kier alpha value is -3.13. The molecule has 2 aromatic heterocycles. The van der Waals surface area contributed by atoms with Gasteiger partial charge in [0.15, 0.2) is 5.65 Å². The summed E-state index contributed by atoms with van der Waals surface area (Å²) in [5.74, 6) is 0.355. The van der Waals surface area contributed by atoms with Crippen molar-refractivity contribution in [2.24, 2.45) is 0 Å². The molecule has 0 saturated carbocycles. The minimum atomic E-state index is -0.416. The second-order valence-corrected chi connectivity index (χ2v) is 9.03.